The molecule has 0 spiro atoms. The van der Waals surface area contributed by atoms with E-state index < -0.39 is 12.5 Å². The molecular formula is C11H12F2O. The van der Waals surface area contributed by atoms with Crippen molar-refractivity contribution in [2.75, 3.05) is 6.61 Å². The van der Waals surface area contributed by atoms with E-state index in [1.165, 1.54) is 0 Å². The van der Waals surface area contributed by atoms with Crippen LogP contribution in [-0.2, 0) is 5.92 Å². The van der Waals surface area contributed by atoms with Crippen molar-refractivity contribution in [3.05, 3.63) is 28.3 Å². The lowest BCUT2D eigenvalue weighted by molar-refractivity contribution is -0.0218. The average Bonchev–Trinajstić information content (AvgIpc) is 2.38. The molecule has 0 N–H and O–H groups in total. The fourth-order valence-electron chi connectivity index (χ4n) is 1.92. The maximum absolute atomic E-state index is 13.4. The smallest absolute Gasteiger partial charge is 0.310 e. The van der Waals surface area contributed by atoms with Crippen LogP contribution in [0.1, 0.15) is 22.3 Å². The van der Waals surface area contributed by atoms with Gasteiger partial charge in [0.05, 0.1) is 5.56 Å². The summed E-state index contributed by atoms with van der Waals surface area (Å²) in [5.74, 6) is -2.45. The minimum Gasteiger partial charge on any atom is -0.486 e. The van der Waals surface area contributed by atoms with Gasteiger partial charge in [0.2, 0.25) is 0 Å². The number of halogens is 2. The third-order valence-electron chi connectivity index (χ3n) is 2.75. The molecule has 76 valence electrons. The van der Waals surface area contributed by atoms with Gasteiger partial charge in [-0.25, -0.2) is 0 Å². The molecule has 3 heteroatoms. The number of fused-ring (bicyclic) bond motifs is 1. The van der Waals surface area contributed by atoms with E-state index in [9.17, 15) is 8.78 Å². The monoisotopic (exact) mass is 198 g/mol. The highest BCUT2D eigenvalue weighted by Gasteiger charge is 2.43. The highest BCUT2D eigenvalue weighted by Crippen LogP contribution is 2.45. The second kappa shape index (κ2) is 2.69. The van der Waals surface area contributed by atoms with E-state index in [1.54, 1.807) is 13.8 Å². The van der Waals surface area contributed by atoms with Crippen molar-refractivity contribution in [2.45, 2.75) is 26.7 Å². The van der Waals surface area contributed by atoms with Gasteiger partial charge in [-0.15, -0.1) is 0 Å². The Labute approximate surface area is 81.7 Å². The summed E-state index contributed by atoms with van der Waals surface area (Å²) in [4.78, 5) is 0. The molecule has 1 heterocycles. The van der Waals surface area contributed by atoms with E-state index in [2.05, 4.69) is 0 Å². The maximum atomic E-state index is 13.4. The second-order valence-corrected chi connectivity index (χ2v) is 3.83. The fourth-order valence-corrected chi connectivity index (χ4v) is 1.92. The summed E-state index contributed by atoms with van der Waals surface area (Å²) in [5, 5.41) is 0. The highest BCUT2D eigenvalue weighted by molar-refractivity contribution is 5.53. The maximum Gasteiger partial charge on any atom is 0.310 e. The van der Waals surface area contributed by atoms with Crippen molar-refractivity contribution in [1.29, 1.82) is 0 Å². The lowest BCUT2D eigenvalue weighted by Crippen LogP contribution is -2.15. The van der Waals surface area contributed by atoms with Crippen molar-refractivity contribution in [3.63, 3.8) is 0 Å². The first-order valence-electron chi connectivity index (χ1n) is 4.55. The second-order valence-electron chi connectivity index (χ2n) is 3.83. The molecule has 0 amide bonds. The molecule has 1 aliphatic heterocycles. The van der Waals surface area contributed by atoms with Crippen molar-refractivity contribution < 1.29 is 13.5 Å². The van der Waals surface area contributed by atoms with E-state index in [1.807, 2.05) is 13.0 Å². The van der Waals surface area contributed by atoms with E-state index in [0.717, 1.165) is 11.1 Å². The first kappa shape index (κ1) is 9.44. The predicted octanol–water partition coefficient (Wildman–Crippen LogP) is 3.10. The van der Waals surface area contributed by atoms with Crippen LogP contribution in [0.5, 0.6) is 5.75 Å². The molecule has 14 heavy (non-hydrogen) atoms. The first-order valence-corrected chi connectivity index (χ1v) is 4.55. The van der Waals surface area contributed by atoms with E-state index in [0.29, 0.717) is 11.3 Å². The molecule has 0 aromatic heterocycles. The Morgan fingerprint density at radius 2 is 1.86 bits per heavy atom. The zero-order valence-electron chi connectivity index (χ0n) is 8.45. The number of ether oxygens (including phenoxy) is 1. The lowest BCUT2D eigenvalue weighted by atomic mass is 9.96. The number of rotatable bonds is 0. The van der Waals surface area contributed by atoms with Crippen LogP contribution in [0.3, 0.4) is 0 Å². The summed E-state index contributed by atoms with van der Waals surface area (Å²) >= 11 is 0. The first-order chi connectivity index (χ1) is 6.43. The van der Waals surface area contributed by atoms with Crippen LogP contribution in [0.25, 0.3) is 0 Å². The van der Waals surface area contributed by atoms with Crippen molar-refractivity contribution >= 4 is 0 Å². The summed E-state index contributed by atoms with van der Waals surface area (Å²) in [6.07, 6.45) is 0. The Morgan fingerprint density at radius 3 is 2.50 bits per heavy atom. The van der Waals surface area contributed by atoms with Crippen LogP contribution in [0.4, 0.5) is 8.78 Å². The van der Waals surface area contributed by atoms with Gasteiger partial charge in [0.1, 0.15) is 5.75 Å². The van der Waals surface area contributed by atoms with Gasteiger partial charge < -0.3 is 4.74 Å². The number of alkyl halides is 2. The van der Waals surface area contributed by atoms with Crippen molar-refractivity contribution in [3.8, 4) is 5.75 Å². The molecule has 1 aromatic carbocycles. The number of aryl methyl sites for hydroxylation is 2. The number of hydrogen-bond acceptors (Lipinski definition) is 1. The molecule has 2 rings (SSSR count). The molecule has 0 bridgehead atoms. The van der Waals surface area contributed by atoms with E-state index >= 15 is 0 Å². The molecule has 0 atom stereocenters. The Morgan fingerprint density at radius 1 is 1.21 bits per heavy atom. The summed E-state index contributed by atoms with van der Waals surface area (Å²) in [6.45, 7) is 4.84. The van der Waals surface area contributed by atoms with Gasteiger partial charge in [0, 0.05) is 0 Å². The van der Waals surface area contributed by atoms with Gasteiger partial charge in [-0.2, -0.15) is 8.78 Å². The van der Waals surface area contributed by atoms with Gasteiger partial charge in [0.15, 0.2) is 6.61 Å². The van der Waals surface area contributed by atoms with Crippen molar-refractivity contribution in [2.24, 2.45) is 0 Å². The topological polar surface area (TPSA) is 9.23 Å². The van der Waals surface area contributed by atoms with Gasteiger partial charge in [-0.05, 0) is 37.5 Å². The minimum absolute atomic E-state index is 0.0787. The third kappa shape index (κ3) is 1.11. The summed E-state index contributed by atoms with van der Waals surface area (Å²) in [7, 11) is 0. The SMILES string of the molecule is Cc1cc(C)c2c(c1C)C(F)(F)CO2. The molecule has 0 aliphatic carbocycles. The van der Waals surface area contributed by atoms with Crippen LogP contribution in [0.2, 0.25) is 0 Å². The highest BCUT2D eigenvalue weighted by atomic mass is 19.3. The Balaban J connectivity index is 2.75. The zero-order chi connectivity index (χ0) is 10.5. The molecule has 0 saturated heterocycles. The summed E-state index contributed by atoms with van der Waals surface area (Å²) in [5.41, 5.74) is 2.41. The van der Waals surface area contributed by atoms with Crippen LogP contribution in [0, 0.1) is 20.8 Å². The minimum atomic E-state index is -2.82. The molecule has 0 radical (unpaired) electrons. The molecular weight excluding hydrogens is 186 g/mol. The van der Waals surface area contributed by atoms with Crippen LogP contribution >= 0.6 is 0 Å². The van der Waals surface area contributed by atoms with Gasteiger partial charge >= 0.3 is 5.92 Å². The Kier molecular flexibility index (Phi) is 1.81. The Hall–Kier alpha value is -1.12. The quantitative estimate of drug-likeness (QED) is 0.622. The summed E-state index contributed by atoms with van der Waals surface area (Å²) < 4.78 is 31.9. The van der Waals surface area contributed by atoms with Crippen LogP contribution < -0.4 is 4.74 Å². The largest absolute Gasteiger partial charge is 0.486 e. The van der Waals surface area contributed by atoms with Crippen LogP contribution in [-0.4, -0.2) is 6.61 Å². The van der Waals surface area contributed by atoms with E-state index in [-0.39, 0.29) is 5.56 Å². The fraction of sp³-hybridized carbons (Fsp3) is 0.455. The van der Waals surface area contributed by atoms with E-state index in [4.69, 9.17) is 4.74 Å². The zero-order valence-corrected chi connectivity index (χ0v) is 8.45. The normalized spacial score (nSPS) is 17.8. The molecule has 0 fully saturated rings. The molecule has 0 unspecified atom stereocenters. The molecule has 0 saturated carbocycles. The standard InChI is InChI=1S/C11H12F2O/c1-6-4-7(2)10-9(8(6)3)11(12,13)5-14-10/h4H,5H2,1-3H3. The van der Waals surface area contributed by atoms with Gasteiger partial charge in [-0.3, -0.25) is 0 Å². The molecule has 1 aromatic rings. The third-order valence-corrected chi connectivity index (χ3v) is 2.75. The van der Waals surface area contributed by atoms with Crippen molar-refractivity contribution in [1.82, 2.24) is 0 Å². The lowest BCUT2D eigenvalue weighted by Gasteiger charge is -2.12. The van der Waals surface area contributed by atoms with Gasteiger partial charge in [-0.1, -0.05) is 6.07 Å². The Bertz CT molecular complexity index is 397. The van der Waals surface area contributed by atoms with Crippen LogP contribution in [0.15, 0.2) is 6.07 Å². The number of hydrogen-bond donors (Lipinski definition) is 0. The number of benzene rings is 1. The average molecular weight is 198 g/mol. The molecule has 1 aliphatic rings. The van der Waals surface area contributed by atoms with Gasteiger partial charge in [0.25, 0.3) is 0 Å². The summed E-state index contributed by atoms with van der Waals surface area (Å²) in [6, 6.07) is 1.88. The molecule has 1 nitrogen and oxygen atoms in total. The predicted molar refractivity (Wildman–Crippen MR) is 50.0 cm³/mol.